The molecule has 0 N–H and O–H groups in total. The van der Waals surface area contributed by atoms with Crippen LogP contribution >= 0.6 is 0 Å². The molecule has 2 saturated carbocycles. The van der Waals surface area contributed by atoms with Crippen LogP contribution in [-0.4, -0.2) is 54.1 Å². The first-order valence-electron chi connectivity index (χ1n) is 17.3. The van der Waals surface area contributed by atoms with E-state index in [0.717, 1.165) is 39.5 Å². The average molecular weight is 784 g/mol. The Hall–Kier alpha value is -3.65. The number of alkyl halides is 6. The van der Waals surface area contributed by atoms with Crippen LogP contribution in [0.1, 0.15) is 123 Å². The predicted molar refractivity (Wildman–Crippen MR) is 190 cm³/mol. The topological polar surface area (TPSA) is 145 Å². The molecule has 2 aliphatic rings. The molecule has 0 spiro atoms. The minimum atomic E-state index is -5.04. The van der Waals surface area contributed by atoms with Crippen LogP contribution in [-0.2, 0) is 28.7 Å². The van der Waals surface area contributed by atoms with Crippen molar-refractivity contribution in [1.29, 1.82) is 0 Å². The fourth-order valence-corrected chi connectivity index (χ4v) is 6.46. The summed E-state index contributed by atoms with van der Waals surface area (Å²) in [6, 6.07) is 0. The zero-order chi connectivity index (χ0) is 43.6. The van der Waals surface area contributed by atoms with Crippen molar-refractivity contribution < 1.29 is 65.2 Å². The third kappa shape index (κ3) is 18.6. The van der Waals surface area contributed by atoms with E-state index in [2.05, 4.69) is 87.4 Å². The molecule has 2 rings (SSSR count). The van der Waals surface area contributed by atoms with Crippen molar-refractivity contribution in [1.82, 2.24) is 0 Å². The molecule has 0 atom stereocenters. The molecule has 0 aromatic carbocycles. The lowest BCUT2D eigenvalue weighted by atomic mass is 9.57. The van der Waals surface area contributed by atoms with Crippen LogP contribution in [0.25, 0.3) is 0 Å². The highest BCUT2D eigenvalue weighted by Gasteiger charge is 2.47. The van der Waals surface area contributed by atoms with Crippen molar-refractivity contribution >= 4 is 29.5 Å². The zero-order valence-corrected chi connectivity index (χ0v) is 34.1. The Morgan fingerprint density at radius 2 is 0.907 bits per heavy atom. The highest BCUT2D eigenvalue weighted by atomic mass is 19.4. The van der Waals surface area contributed by atoms with Crippen LogP contribution in [0.15, 0.2) is 41.1 Å². The van der Waals surface area contributed by atoms with Crippen molar-refractivity contribution in [3.63, 3.8) is 0 Å². The summed E-state index contributed by atoms with van der Waals surface area (Å²) in [5.74, 6) is -5.79. The maximum absolute atomic E-state index is 11.6. The maximum Gasteiger partial charge on any atom is 0.419 e. The molecule has 0 heterocycles. The Morgan fingerprint density at radius 1 is 0.630 bits per heavy atom. The number of ketones is 1. The number of hydrogen-bond donors (Lipinski definition) is 0. The molecule has 2 fully saturated rings. The molecule has 0 aromatic rings. The van der Waals surface area contributed by atoms with E-state index in [1.165, 1.54) is 0 Å². The molecule has 0 radical (unpaired) electrons. The van der Waals surface area contributed by atoms with E-state index >= 15 is 0 Å². The van der Waals surface area contributed by atoms with Gasteiger partial charge >= 0.3 is 24.3 Å². The zero-order valence-electron chi connectivity index (χ0n) is 34.1. The van der Waals surface area contributed by atoms with E-state index in [9.17, 15) is 55.7 Å². The van der Waals surface area contributed by atoms with Crippen LogP contribution in [0, 0.1) is 33.5 Å². The highest BCUT2D eigenvalue weighted by Crippen LogP contribution is 2.52. The summed E-state index contributed by atoms with van der Waals surface area (Å²) in [6.07, 6.45) is -6.13. The van der Waals surface area contributed by atoms with Gasteiger partial charge in [0.05, 0.1) is 5.90 Å². The number of nitrogens with zero attached hydrogens (tertiary/aromatic N) is 1. The Bertz CT molecular complexity index is 1280. The lowest BCUT2D eigenvalue weighted by Crippen LogP contribution is -2.45. The number of hydrogen-bond acceptors (Lipinski definition) is 8. The summed E-state index contributed by atoms with van der Waals surface area (Å²) in [5.41, 5.74) is 1.81. The molecule has 0 aliphatic heterocycles. The maximum atomic E-state index is 11.6. The van der Waals surface area contributed by atoms with Crippen LogP contribution in [0.2, 0.25) is 0 Å². The number of ether oxygens (including phenoxy) is 2. The van der Waals surface area contributed by atoms with Gasteiger partial charge in [0.15, 0.2) is 5.78 Å². The van der Waals surface area contributed by atoms with Gasteiger partial charge in [-0.05, 0) is 91.8 Å². The number of halogens is 6. The van der Waals surface area contributed by atoms with Gasteiger partial charge in [0, 0.05) is 18.1 Å². The first-order chi connectivity index (χ1) is 23.8. The first-order valence-corrected chi connectivity index (χ1v) is 17.3. The first kappa shape index (κ1) is 52.5. The van der Waals surface area contributed by atoms with Gasteiger partial charge in [-0.2, -0.15) is 26.3 Å². The quantitative estimate of drug-likeness (QED) is 0.0679. The standard InChI is InChI=1S/2C15H26O2.C5H5F3O2.C4H4F3NO2/c2*1-10(2)13(16)17-12-8-14(4,5)11(3)15(6,7)9-12;1-3(9)2-4(10)5(6,7)8;1-2(9)8-3(10)4(5,6)7/h2*11-12H,1,8-9H2,2-7H3;2,10H,1H3;1H3,(H,8,9,10)/p-2/b;;4-2-;. The lowest BCUT2D eigenvalue weighted by molar-refractivity contribution is -0.360. The van der Waals surface area contributed by atoms with Gasteiger partial charge in [-0.3, -0.25) is 9.59 Å². The monoisotopic (exact) mass is 783 g/mol. The number of aliphatic imine (C=N–C) groups is 1. The fraction of sp³-hybridized carbons (Fsp3) is 0.718. The second-order valence-electron chi connectivity index (χ2n) is 16.9. The van der Waals surface area contributed by atoms with Crippen LogP contribution < -0.4 is 10.2 Å². The number of amides is 1. The third-order valence-corrected chi connectivity index (χ3v) is 10.1. The summed E-state index contributed by atoms with van der Waals surface area (Å²) >= 11 is 0. The number of esters is 2. The molecule has 0 unspecified atom stereocenters. The minimum absolute atomic E-state index is 0.0139. The molecule has 2 aliphatic carbocycles. The summed E-state index contributed by atoms with van der Waals surface area (Å²) < 4.78 is 78.5. The highest BCUT2D eigenvalue weighted by molar-refractivity contribution is 5.90. The van der Waals surface area contributed by atoms with Crippen molar-refractivity contribution in [2.24, 2.45) is 38.5 Å². The number of carbonyl (C=O) groups is 4. The van der Waals surface area contributed by atoms with Gasteiger partial charge in [-0.15, -0.1) is 0 Å². The predicted octanol–water partition coefficient (Wildman–Crippen LogP) is 8.15. The molecule has 1 amide bonds. The summed E-state index contributed by atoms with van der Waals surface area (Å²) in [6.45, 7) is 35.0. The van der Waals surface area contributed by atoms with Gasteiger partial charge in [-0.25, -0.2) is 14.6 Å². The minimum Gasteiger partial charge on any atom is -0.869 e. The summed E-state index contributed by atoms with van der Waals surface area (Å²) in [5, 5.41) is 19.6. The molecule has 0 bridgehead atoms. The van der Waals surface area contributed by atoms with E-state index in [1.807, 2.05) is 0 Å². The van der Waals surface area contributed by atoms with Gasteiger partial charge in [0.1, 0.15) is 12.2 Å². The van der Waals surface area contributed by atoms with E-state index in [4.69, 9.17) is 9.47 Å². The van der Waals surface area contributed by atoms with Crippen molar-refractivity contribution in [3.05, 3.63) is 36.1 Å². The molecule has 54 heavy (non-hydrogen) atoms. The summed E-state index contributed by atoms with van der Waals surface area (Å²) in [4.78, 5) is 45.1. The average Bonchev–Trinajstić information content (AvgIpc) is 2.93. The smallest absolute Gasteiger partial charge is 0.419 e. The SMILES string of the molecule is C=C(C)C(=O)OC1CC(C)(C)C(C)C(C)(C)C1.C=C(C)C(=O)OC1CC(C)(C)C(C)C(C)(C)C1.CC(=O)/C=C(\[O-])C(F)(F)F.CC(=O)N=C([O-])C(F)(F)F. The van der Waals surface area contributed by atoms with Crippen LogP contribution in [0.4, 0.5) is 26.3 Å². The number of allylic oxidation sites excluding steroid dienone is 2. The van der Waals surface area contributed by atoms with Crippen LogP contribution in [0.3, 0.4) is 0 Å². The normalized spacial score (nSPS) is 24.3. The fourth-order valence-electron chi connectivity index (χ4n) is 6.46. The van der Waals surface area contributed by atoms with Crippen molar-refractivity contribution in [2.45, 2.75) is 147 Å². The van der Waals surface area contributed by atoms with Gasteiger partial charge in [0.25, 0.3) is 0 Å². The summed E-state index contributed by atoms with van der Waals surface area (Å²) in [7, 11) is 0. The Kier molecular flexibility index (Phi) is 19.2. The molecule has 15 heteroatoms. The van der Waals surface area contributed by atoms with E-state index in [1.54, 1.807) is 13.8 Å². The Morgan fingerprint density at radius 3 is 1.06 bits per heavy atom. The second-order valence-corrected chi connectivity index (χ2v) is 16.9. The number of carbonyl (C=O) groups excluding carboxylic acids is 4. The molecule has 9 nitrogen and oxygen atoms in total. The molecular formula is C39H59F6NO8-2. The Balaban J connectivity index is 0. The second kappa shape index (κ2) is 19.8. The third-order valence-electron chi connectivity index (χ3n) is 10.1. The van der Waals surface area contributed by atoms with E-state index in [0.29, 0.717) is 23.0 Å². The molecule has 0 aromatic heterocycles. The Labute approximate surface area is 316 Å². The van der Waals surface area contributed by atoms with Crippen LogP contribution in [0.5, 0.6) is 0 Å². The van der Waals surface area contributed by atoms with Gasteiger partial charge < -0.3 is 19.7 Å². The van der Waals surface area contributed by atoms with E-state index in [-0.39, 0.29) is 51.9 Å². The van der Waals surface area contributed by atoms with Crippen molar-refractivity contribution in [3.8, 4) is 0 Å². The van der Waals surface area contributed by atoms with E-state index < -0.39 is 35.7 Å². The molecule has 312 valence electrons. The largest absolute Gasteiger partial charge is 0.869 e. The van der Waals surface area contributed by atoms with Gasteiger partial charge in [-0.1, -0.05) is 82.4 Å². The molecule has 0 saturated heterocycles. The lowest BCUT2D eigenvalue weighted by Gasteiger charge is -2.50. The van der Waals surface area contributed by atoms with Gasteiger partial charge in [0.2, 0.25) is 5.91 Å². The molecular weight excluding hydrogens is 724 g/mol. The van der Waals surface area contributed by atoms with Crippen molar-refractivity contribution in [2.75, 3.05) is 0 Å². The number of rotatable bonds is 5.